The van der Waals surface area contributed by atoms with Gasteiger partial charge in [-0.1, -0.05) is 36.0 Å². The first kappa shape index (κ1) is 19.7. The van der Waals surface area contributed by atoms with Crippen LogP contribution < -0.4 is 9.64 Å². The van der Waals surface area contributed by atoms with Crippen LogP contribution in [0.15, 0.2) is 53.7 Å². The zero-order chi connectivity index (χ0) is 21.4. The molecule has 1 aliphatic rings. The van der Waals surface area contributed by atoms with E-state index in [1.807, 2.05) is 51.2 Å². The number of benzene rings is 2. The Morgan fingerprint density at radius 2 is 1.71 bits per heavy atom. The summed E-state index contributed by atoms with van der Waals surface area (Å²) in [5.74, 6) is 2.12. The highest BCUT2D eigenvalue weighted by molar-refractivity contribution is 7.99. The standard InChI is InChI=1S/C22H24N6O2S/c1-25-16-7-3-4-8-17(16)28-21(25)23-24-22(28)31-15-20(29)27-13-11-26(12-14-27)18-9-5-6-10-19(18)30-2/h3-10H,11-15H2,1-2H3. The number of para-hydroxylation sites is 4. The minimum absolute atomic E-state index is 0.127. The first-order valence-electron chi connectivity index (χ1n) is 10.2. The lowest BCUT2D eigenvalue weighted by Gasteiger charge is -2.36. The van der Waals surface area contributed by atoms with Crippen LogP contribution in [0.25, 0.3) is 16.8 Å². The molecule has 2 aromatic carbocycles. The fraction of sp³-hybridized carbons (Fsp3) is 0.318. The van der Waals surface area contributed by atoms with Crippen molar-refractivity contribution >= 4 is 40.2 Å². The third-order valence-corrected chi connectivity index (χ3v) is 6.70. The number of carbonyl (C=O) groups is 1. The molecule has 1 aliphatic heterocycles. The third-order valence-electron chi connectivity index (χ3n) is 5.78. The molecule has 0 bridgehead atoms. The highest BCUT2D eigenvalue weighted by Crippen LogP contribution is 2.29. The molecule has 0 saturated carbocycles. The van der Waals surface area contributed by atoms with Crippen molar-refractivity contribution in [3.05, 3.63) is 48.5 Å². The first-order valence-corrected chi connectivity index (χ1v) is 11.2. The van der Waals surface area contributed by atoms with Gasteiger partial charge in [-0.15, -0.1) is 10.2 Å². The number of amides is 1. The number of methoxy groups -OCH3 is 1. The summed E-state index contributed by atoms with van der Waals surface area (Å²) in [6, 6.07) is 16.1. The van der Waals surface area contributed by atoms with Crippen LogP contribution in [-0.2, 0) is 11.8 Å². The van der Waals surface area contributed by atoms with E-state index < -0.39 is 0 Å². The maximum absolute atomic E-state index is 12.9. The van der Waals surface area contributed by atoms with Crippen molar-refractivity contribution in [3.8, 4) is 5.75 Å². The Bertz CT molecular complexity index is 1240. The van der Waals surface area contributed by atoms with Gasteiger partial charge in [-0.05, 0) is 24.3 Å². The second-order valence-corrected chi connectivity index (χ2v) is 8.44. The Labute approximate surface area is 184 Å². The van der Waals surface area contributed by atoms with E-state index in [9.17, 15) is 4.79 Å². The van der Waals surface area contributed by atoms with Crippen LogP contribution in [0.1, 0.15) is 0 Å². The number of hydrogen-bond donors (Lipinski definition) is 0. The Balaban J connectivity index is 1.25. The molecule has 0 radical (unpaired) electrons. The fourth-order valence-corrected chi connectivity index (χ4v) is 4.98. The highest BCUT2D eigenvalue weighted by Gasteiger charge is 2.24. The van der Waals surface area contributed by atoms with Gasteiger partial charge in [0.2, 0.25) is 11.7 Å². The number of fused-ring (bicyclic) bond motifs is 3. The second-order valence-electron chi connectivity index (χ2n) is 7.49. The average Bonchev–Trinajstić information content (AvgIpc) is 3.37. The maximum atomic E-state index is 12.9. The number of imidazole rings is 1. The number of ether oxygens (including phenoxy) is 1. The van der Waals surface area contributed by atoms with Crippen LogP contribution in [0, 0.1) is 0 Å². The van der Waals surface area contributed by atoms with Crippen LogP contribution in [0.2, 0.25) is 0 Å². The smallest absolute Gasteiger partial charge is 0.236 e. The number of thioether (sulfide) groups is 1. The quantitative estimate of drug-likeness (QED) is 0.448. The first-order chi connectivity index (χ1) is 15.2. The molecule has 160 valence electrons. The van der Waals surface area contributed by atoms with Crippen molar-refractivity contribution in [3.63, 3.8) is 0 Å². The summed E-state index contributed by atoms with van der Waals surface area (Å²) in [6.07, 6.45) is 0. The predicted molar refractivity (Wildman–Crippen MR) is 122 cm³/mol. The van der Waals surface area contributed by atoms with Gasteiger partial charge in [0, 0.05) is 33.2 Å². The predicted octanol–water partition coefficient (Wildman–Crippen LogP) is 2.67. The monoisotopic (exact) mass is 436 g/mol. The summed E-state index contributed by atoms with van der Waals surface area (Å²) in [5.41, 5.74) is 3.21. The minimum atomic E-state index is 0.127. The van der Waals surface area contributed by atoms with Crippen molar-refractivity contribution in [1.29, 1.82) is 0 Å². The van der Waals surface area contributed by atoms with Crippen LogP contribution in [-0.4, -0.2) is 69.0 Å². The van der Waals surface area contributed by atoms with E-state index in [1.54, 1.807) is 7.11 Å². The molecule has 1 amide bonds. The summed E-state index contributed by atoms with van der Waals surface area (Å²) >= 11 is 1.44. The molecule has 9 heteroatoms. The fourth-order valence-electron chi connectivity index (χ4n) is 4.13. The molecule has 5 rings (SSSR count). The molecule has 0 N–H and O–H groups in total. The van der Waals surface area contributed by atoms with Gasteiger partial charge in [-0.3, -0.25) is 9.20 Å². The highest BCUT2D eigenvalue weighted by atomic mass is 32.2. The van der Waals surface area contributed by atoms with Crippen LogP contribution >= 0.6 is 11.8 Å². The van der Waals surface area contributed by atoms with Gasteiger partial charge in [-0.2, -0.15) is 0 Å². The normalized spacial score (nSPS) is 14.5. The number of aryl methyl sites for hydroxylation is 1. The molecule has 0 aliphatic carbocycles. The lowest BCUT2D eigenvalue weighted by molar-refractivity contribution is -0.128. The van der Waals surface area contributed by atoms with Gasteiger partial charge in [-0.25, -0.2) is 0 Å². The van der Waals surface area contributed by atoms with Crippen molar-refractivity contribution in [2.24, 2.45) is 7.05 Å². The molecule has 31 heavy (non-hydrogen) atoms. The molecule has 0 unspecified atom stereocenters. The van der Waals surface area contributed by atoms with E-state index >= 15 is 0 Å². The van der Waals surface area contributed by atoms with Gasteiger partial charge in [0.25, 0.3) is 0 Å². The van der Waals surface area contributed by atoms with Crippen LogP contribution in [0.5, 0.6) is 5.75 Å². The molecule has 8 nitrogen and oxygen atoms in total. The molecule has 1 fully saturated rings. The number of piperazine rings is 1. The van der Waals surface area contributed by atoms with Crippen LogP contribution in [0.3, 0.4) is 0 Å². The molecule has 2 aromatic heterocycles. The number of carbonyl (C=O) groups excluding carboxylic acids is 1. The van der Waals surface area contributed by atoms with Crippen LogP contribution in [0.4, 0.5) is 5.69 Å². The van der Waals surface area contributed by atoms with Gasteiger partial charge in [0.05, 0.1) is 29.6 Å². The van der Waals surface area contributed by atoms with E-state index in [4.69, 9.17) is 4.74 Å². The largest absolute Gasteiger partial charge is 0.495 e. The van der Waals surface area contributed by atoms with Gasteiger partial charge in [0.15, 0.2) is 5.16 Å². The second kappa shape index (κ2) is 8.14. The zero-order valence-corrected chi connectivity index (χ0v) is 18.4. The number of anilines is 1. The lowest BCUT2D eigenvalue weighted by Crippen LogP contribution is -2.49. The Hall–Kier alpha value is -3.20. The van der Waals surface area contributed by atoms with E-state index in [1.165, 1.54) is 11.8 Å². The third kappa shape index (κ3) is 3.48. The number of nitrogens with zero attached hydrogens (tertiary/aromatic N) is 6. The van der Waals surface area contributed by atoms with E-state index in [0.29, 0.717) is 18.8 Å². The SMILES string of the molecule is COc1ccccc1N1CCN(C(=O)CSc2nnc3n(C)c4ccccc4n23)CC1. The molecule has 0 spiro atoms. The van der Waals surface area contributed by atoms with Gasteiger partial charge in [0.1, 0.15) is 5.75 Å². The average molecular weight is 437 g/mol. The van der Waals surface area contributed by atoms with E-state index in [-0.39, 0.29) is 5.91 Å². The molecular weight excluding hydrogens is 412 g/mol. The molecule has 3 heterocycles. The van der Waals surface area contributed by atoms with E-state index in [0.717, 1.165) is 46.5 Å². The van der Waals surface area contributed by atoms with Crippen molar-refractivity contribution in [2.45, 2.75) is 5.16 Å². The summed E-state index contributed by atoms with van der Waals surface area (Å²) in [4.78, 5) is 17.1. The van der Waals surface area contributed by atoms with Gasteiger partial charge >= 0.3 is 0 Å². The van der Waals surface area contributed by atoms with E-state index in [2.05, 4.69) is 33.3 Å². The maximum Gasteiger partial charge on any atom is 0.236 e. The van der Waals surface area contributed by atoms with Crippen molar-refractivity contribution in [1.82, 2.24) is 24.1 Å². The minimum Gasteiger partial charge on any atom is -0.495 e. The molecular formula is C22H24N6O2S. The molecule has 1 saturated heterocycles. The molecule has 4 aromatic rings. The topological polar surface area (TPSA) is 67.9 Å². The van der Waals surface area contributed by atoms with Gasteiger partial charge < -0.3 is 19.1 Å². The molecule has 0 atom stereocenters. The zero-order valence-electron chi connectivity index (χ0n) is 17.6. The Morgan fingerprint density at radius 3 is 2.48 bits per heavy atom. The Kier molecular flexibility index (Phi) is 5.19. The summed E-state index contributed by atoms with van der Waals surface area (Å²) in [5, 5.41) is 9.38. The summed E-state index contributed by atoms with van der Waals surface area (Å²) in [6.45, 7) is 2.96. The summed E-state index contributed by atoms with van der Waals surface area (Å²) in [7, 11) is 3.67. The summed E-state index contributed by atoms with van der Waals surface area (Å²) < 4.78 is 9.52. The number of hydrogen-bond acceptors (Lipinski definition) is 6. The number of aromatic nitrogens is 4. The Morgan fingerprint density at radius 1 is 1.00 bits per heavy atom. The van der Waals surface area contributed by atoms with Crippen molar-refractivity contribution in [2.75, 3.05) is 43.9 Å². The van der Waals surface area contributed by atoms with Crippen molar-refractivity contribution < 1.29 is 9.53 Å². The number of rotatable bonds is 5. The lowest BCUT2D eigenvalue weighted by atomic mass is 10.2.